The molecule has 1 heterocycles. The van der Waals surface area contributed by atoms with E-state index in [4.69, 9.17) is 5.73 Å². The number of hydrogen-bond acceptors (Lipinski definition) is 2. The number of aryl methyl sites for hydroxylation is 1. The van der Waals surface area contributed by atoms with E-state index in [9.17, 15) is 0 Å². The zero-order valence-corrected chi connectivity index (χ0v) is 11.9. The molecule has 98 valence electrons. The molecule has 20 heavy (non-hydrogen) atoms. The van der Waals surface area contributed by atoms with Gasteiger partial charge in [0.1, 0.15) is 0 Å². The molecule has 1 nitrogen and oxygen atoms in total. The molecule has 0 radical (unpaired) electrons. The summed E-state index contributed by atoms with van der Waals surface area (Å²) in [5.41, 5.74) is 11.3. The average molecular weight is 277 g/mol. The first-order chi connectivity index (χ1) is 9.84. The van der Waals surface area contributed by atoms with Crippen molar-refractivity contribution >= 4 is 27.0 Å². The zero-order valence-electron chi connectivity index (χ0n) is 11.1. The van der Waals surface area contributed by atoms with Gasteiger partial charge in [0.2, 0.25) is 0 Å². The Morgan fingerprint density at radius 3 is 2.45 bits per heavy atom. The molecule has 0 saturated carbocycles. The van der Waals surface area contributed by atoms with Crippen molar-refractivity contribution in [1.29, 1.82) is 0 Å². The maximum atomic E-state index is 6.33. The van der Waals surface area contributed by atoms with E-state index in [1.807, 2.05) is 11.3 Å². The molecule has 3 aromatic rings. The number of hydrogen-bond donors (Lipinski definition) is 1. The van der Waals surface area contributed by atoms with Crippen molar-refractivity contribution in [3.05, 3.63) is 76.3 Å². The van der Waals surface area contributed by atoms with E-state index in [1.165, 1.54) is 31.7 Å². The Labute approximate surface area is 122 Å². The standard InChI is InChI=1S/C18H15NS/c19-15-11-10-14-13-8-4-5-9-16(13)20-18(14)17(15)12-6-2-1-3-7-12/h1-9H,10-11,19H2. The van der Waals surface area contributed by atoms with Crippen LogP contribution in [0.3, 0.4) is 0 Å². The minimum atomic E-state index is 0.956. The molecule has 0 unspecified atom stereocenters. The predicted molar refractivity (Wildman–Crippen MR) is 86.8 cm³/mol. The molecule has 0 aliphatic heterocycles. The molecule has 1 aliphatic carbocycles. The predicted octanol–water partition coefficient (Wildman–Crippen LogP) is 4.57. The molecule has 0 saturated heterocycles. The number of allylic oxidation sites excluding steroid dienone is 1. The lowest BCUT2D eigenvalue weighted by Crippen LogP contribution is -2.10. The van der Waals surface area contributed by atoms with Crippen molar-refractivity contribution in [2.75, 3.05) is 0 Å². The van der Waals surface area contributed by atoms with Crippen molar-refractivity contribution in [2.24, 2.45) is 5.73 Å². The summed E-state index contributed by atoms with van der Waals surface area (Å²) in [6.07, 6.45) is 2.01. The molecule has 2 N–H and O–H groups in total. The normalized spacial score (nSPS) is 14.6. The van der Waals surface area contributed by atoms with Gasteiger partial charge in [-0.05, 0) is 35.4 Å². The van der Waals surface area contributed by atoms with Crippen LogP contribution >= 0.6 is 11.3 Å². The van der Waals surface area contributed by atoms with Crippen LogP contribution in [0.2, 0.25) is 0 Å². The van der Waals surface area contributed by atoms with Gasteiger partial charge in [-0.1, -0.05) is 48.5 Å². The van der Waals surface area contributed by atoms with Gasteiger partial charge in [-0.3, -0.25) is 0 Å². The molecule has 1 aliphatic rings. The van der Waals surface area contributed by atoms with Crippen LogP contribution in [-0.4, -0.2) is 0 Å². The highest BCUT2D eigenvalue weighted by atomic mass is 32.1. The van der Waals surface area contributed by atoms with Gasteiger partial charge in [-0.15, -0.1) is 11.3 Å². The molecule has 0 atom stereocenters. The molecule has 0 amide bonds. The van der Waals surface area contributed by atoms with Crippen LogP contribution in [-0.2, 0) is 6.42 Å². The topological polar surface area (TPSA) is 26.0 Å². The quantitative estimate of drug-likeness (QED) is 0.693. The molecule has 4 rings (SSSR count). The first-order valence-electron chi connectivity index (χ1n) is 6.89. The second kappa shape index (κ2) is 4.50. The summed E-state index contributed by atoms with van der Waals surface area (Å²) < 4.78 is 1.36. The molecule has 2 aromatic carbocycles. The third kappa shape index (κ3) is 1.69. The summed E-state index contributed by atoms with van der Waals surface area (Å²) in [5.74, 6) is 0. The monoisotopic (exact) mass is 277 g/mol. The van der Waals surface area contributed by atoms with Crippen LogP contribution in [0.1, 0.15) is 22.4 Å². The van der Waals surface area contributed by atoms with Gasteiger partial charge < -0.3 is 5.73 Å². The molecule has 1 aromatic heterocycles. The summed E-state index contributed by atoms with van der Waals surface area (Å²) in [6, 6.07) is 19.2. The number of nitrogens with two attached hydrogens (primary N) is 1. The van der Waals surface area contributed by atoms with E-state index in [0.29, 0.717) is 0 Å². The van der Waals surface area contributed by atoms with E-state index in [-0.39, 0.29) is 0 Å². The van der Waals surface area contributed by atoms with Crippen LogP contribution in [0.25, 0.3) is 15.7 Å². The number of benzene rings is 2. The average Bonchev–Trinajstić information content (AvgIpc) is 2.86. The first kappa shape index (κ1) is 11.7. The first-order valence-corrected chi connectivity index (χ1v) is 7.71. The van der Waals surface area contributed by atoms with Crippen LogP contribution < -0.4 is 5.73 Å². The Balaban J connectivity index is 2.01. The fourth-order valence-electron chi connectivity index (χ4n) is 3.00. The fourth-order valence-corrected chi connectivity index (χ4v) is 4.35. The minimum Gasteiger partial charge on any atom is -0.401 e. The fraction of sp³-hybridized carbons (Fsp3) is 0.111. The Morgan fingerprint density at radius 2 is 1.60 bits per heavy atom. The number of rotatable bonds is 1. The van der Waals surface area contributed by atoms with Gasteiger partial charge in [0.05, 0.1) is 0 Å². The lowest BCUT2D eigenvalue weighted by molar-refractivity contribution is 0.919. The van der Waals surface area contributed by atoms with Gasteiger partial charge >= 0.3 is 0 Å². The molecule has 2 heteroatoms. The van der Waals surface area contributed by atoms with Crippen molar-refractivity contribution in [3.8, 4) is 0 Å². The lowest BCUT2D eigenvalue weighted by atomic mass is 9.90. The van der Waals surface area contributed by atoms with Crippen LogP contribution in [0.4, 0.5) is 0 Å². The molecular formula is C18H15NS. The molecular weight excluding hydrogens is 262 g/mol. The van der Waals surface area contributed by atoms with Crippen molar-refractivity contribution in [2.45, 2.75) is 12.8 Å². The second-order valence-corrected chi connectivity index (χ2v) is 6.22. The second-order valence-electron chi connectivity index (χ2n) is 5.17. The maximum Gasteiger partial charge on any atom is 0.0410 e. The zero-order chi connectivity index (χ0) is 13.5. The third-order valence-corrected chi connectivity index (χ3v) is 5.18. The summed E-state index contributed by atoms with van der Waals surface area (Å²) >= 11 is 1.87. The summed E-state index contributed by atoms with van der Waals surface area (Å²) in [5, 5.41) is 1.40. The van der Waals surface area contributed by atoms with Gasteiger partial charge in [0.25, 0.3) is 0 Å². The molecule has 0 fully saturated rings. The molecule has 0 bridgehead atoms. The largest absolute Gasteiger partial charge is 0.401 e. The summed E-state index contributed by atoms with van der Waals surface area (Å²) in [4.78, 5) is 1.36. The maximum absolute atomic E-state index is 6.33. The van der Waals surface area contributed by atoms with Crippen LogP contribution in [0, 0.1) is 0 Å². The lowest BCUT2D eigenvalue weighted by Gasteiger charge is -2.18. The van der Waals surface area contributed by atoms with E-state index >= 15 is 0 Å². The van der Waals surface area contributed by atoms with Gasteiger partial charge in [-0.25, -0.2) is 0 Å². The van der Waals surface area contributed by atoms with Crippen molar-refractivity contribution in [1.82, 2.24) is 0 Å². The molecule has 0 spiro atoms. The number of thiophene rings is 1. The SMILES string of the molecule is NC1=C(c2ccccc2)c2sc3ccccc3c2CC1. The number of fused-ring (bicyclic) bond motifs is 3. The third-order valence-electron chi connectivity index (χ3n) is 3.95. The van der Waals surface area contributed by atoms with Crippen LogP contribution in [0.15, 0.2) is 60.3 Å². The smallest absolute Gasteiger partial charge is 0.0410 e. The Kier molecular flexibility index (Phi) is 2.64. The Hall–Kier alpha value is -2.06. The Bertz CT molecular complexity index is 812. The van der Waals surface area contributed by atoms with E-state index in [2.05, 4.69) is 54.6 Å². The Morgan fingerprint density at radius 1 is 0.850 bits per heavy atom. The van der Waals surface area contributed by atoms with E-state index in [1.54, 1.807) is 0 Å². The van der Waals surface area contributed by atoms with Gasteiger partial charge in [0.15, 0.2) is 0 Å². The highest BCUT2D eigenvalue weighted by molar-refractivity contribution is 7.20. The van der Waals surface area contributed by atoms with Gasteiger partial charge in [-0.2, -0.15) is 0 Å². The van der Waals surface area contributed by atoms with Gasteiger partial charge in [0, 0.05) is 20.8 Å². The minimum absolute atomic E-state index is 0.956. The summed E-state index contributed by atoms with van der Waals surface area (Å²) in [7, 11) is 0. The van der Waals surface area contributed by atoms with Crippen LogP contribution in [0.5, 0.6) is 0 Å². The highest BCUT2D eigenvalue weighted by Crippen LogP contribution is 2.43. The highest BCUT2D eigenvalue weighted by Gasteiger charge is 2.22. The van der Waals surface area contributed by atoms with Crippen molar-refractivity contribution in [3.63, 3.8) is 0 Å². The van der Waals surface area contributed by atoms with E-state index < -0.39 is 0 Å². The van der Waals surface area contributed by atoms with Crippen molar-refractivity contribution < 1.29 is 0 Å². The van der Waals surface area contributed by atoms with E-state index in [0.717, 1.165) is 18.5 Å². The summed E-state index contributed by atoms with van der Waals surface area (Å²) in [6.45, 7) is 0.